The van der Waals surface area contributed by atoms with Gasteiger partial charge in [-0.15, -0.1) is 0 Å². The van der Waals surface area contributed by atoms with E-state index in [-0.39, 0.29) is 35.8 Å². The van der Waals surface area contributed by atoms with Gasteiger partial charge in [0.2, 0.25) is 10.0 Å². The number of sulfonamides is 1. The summed E-state index contributed by atoms with van der Waals surface area (Å²) in [6, 6.07) is 4.52. The molecule has 5 atom stereocenters. The quantitative estimate of drug-likeness (QED) is 0.574. The van der Waals surface area contributed by atoms with Gasteiger partial charge in [-0.1, -0.05) is 25.4 Å². The molecular formula is C23H30ClFN2O5S. The van der Waals surface area contributed by atoms with Crippen LogP contribution in [0.1, 0.15) is 49.9 Å². The lowest BCUT2D eigenvalue weighted by atomic mass is 9.53. The fraction of sp³-hybridized carbons (Fsp3) is 0.652. The third kappa shape index (κ3) is 5.61. The maximum atomic E-state index is 14.7. The molecular weight excluding hydrogens is 471 g/mol. The second-order valence-corrected chi connectivity index (χ2v) is 11.7. The van der Waals surface area contributed by atoms with Crippen LogP contribution >= 0.6 is 11.6 Å². The number of carbonyl (C=O) groups is 1. The molecule has 1 amide bonds. The van der Waals surface area contributed by atoms with E-state index in [0.717, 1.165) is 31.4 Å². The fourth-order valence-corrected chi connectivity index (χ4v) is 6.51. The number of fused-ring (bicyclic) bond motifs is 2. The first kappa shape index (κ1) is 25.7. The minimum Gasteiger partial charge on any atom is -0.490 e. The van der Waals surface area contributed by atoms with Gasteiger partial charge in [0.05, 0.1) is 34.4 Å². The molecule has 0 aromatic heterocycles. The Balaban J connectivity index is 1.76. The van der Waals surface area contributed by atoms with E-state index in [2.05, 4.69) is 19.9 Å². The van der Waals surface area contributed by atoms with E-state index >= 15 is 0 Å². The van der Waals surface area contributed by atoms with Crippen LogP contribution in [0.25, 0.3) is 0 Å². The van der Waals surface area contributed by atoms with Crippen molar-refractivity contribution in [2.45, 2.75) is 39.5 Å². The minimum absolute atomic E-state index is 0.0146. The molecule has 182 valence electrons. The van der Waals surface area contributed by atoms with Gasteiger partial charge in [-0.25, -0.2) is 17.5 Å². The van der Waals surface area contributed by atoms with Gasteiger partial charge in [0, 0.05) is 13.2 Å². The Hall–Kier alpha value is -1.89. The molecule has 1 N–H and O–H groups in total. The normalized spacial score (nSPS) is 29.2. The van der Waals surface area contributed by atoms with Crippen molar-refractivity contribution in [1.82, 2.24) is 4.72 Å². The molecule has 1 aromatic rings. The molecule has 2 bridgehead atoms. The number of hydrogen-bond donors (Lipinski definition) is 1. The maximum absolute atomic E-state index is 14.7. The highest BCUT2D eigenvalue weighted by Crippen LogP contribution is 2.54. The summed E-state index contributed by atoms with van der Waals surface area (Å²) in [4.78, 5) is 12.3. The van der Waals surface area contributed by atoms with Gasteiger partial charge in [-0.3, -0.25) is 4.79 Å². The van der Waals surface area contributed by atoms with Gasteiger partial charge < -0.3 is 9.47 Å². The first-order chi connectivity index (χ1) is 15.5. The third-order valence-electron chi connectivity index (χ3n) is 7.08. The summed E-state index contributed by atoms with van der Waals surface area (Å²) >= 11 is 6.25. The van der Waals surface area contributed by atoms with Gasteiger partial charge in [-0.05, 0) is 55.4 Å². The van der Waals surface area contributed by atoms with E-state index in [1.54, 1.807) is 4.72 Å². The monoisotopic (exact) mass is 500 g/mol. The molecule has 2 aliphatic rings. The zero-order chi connectivity index (χ0) is 24.4. The van der Waals surface area contributed by atoms with Gasteiger partial charge in [0.15, 0.2) is 0 Å². The Morgan fingerprint density at radius 3 is 2.70 bits per heavy atom. The summed E-state index contributed by atoms with van der Waals surface area (Å²) in [6.07, 6.45) is 4.09. The Morgan fingerprint density at radius 2 is 2.03 bits per heavy atom. The van der Waals surface area contributed by atoms with Gasteiger partial charge in [-0.2, -0.15) is 5.26 Å². The number of nitrogens with one attached hydrogen (secondary N) is 1. The molecule has 0 spiro atoms. The average molecular weight is 501 g/mol. The molecule has 1 aromatic carbocycles. The summed E-state index contributed by atoms with van der Waals surface area (Å²) in [5, 5.41) is 10.1. The number of amides is 1. The number of ether oxygens (including phenoxy) is 2. The molecule has 0 heterocycles. The predicted octanol–water partition coefficient (Wildman–Crippen LogP) is 4.17. The first-order valence-electron chi connectivity index (χ1n) is 11.1. The molecule has 33 heavy (non-hydrogen) atoms. The van der Waals surface area contributed by atoms with Gasteiger partial charge in [0.25, 0.3) is 5.91 Å². The zero-order valence-corrected chi connectivity index (χ0v) is 20.6. The number of nitriles is 1. The molecule has 0 saturated heterocycles. The number of nitrogens with zero attached hydrogens (tertiary/aromatic N) is 1. The molecule has 7 nitrogen and oxygen atoms in total. The van der Waals surface area contributed by atoms with Gasteiger partial charge in [0.1, 0.15) is 18.2 Å². The molecule has 0 radical (unpaired) electrons. The lowest BCUT2D eigenvalue weighted by Crippen LogP contribution is -2.49. The molecule has 2 saturated carbocycles. The fourth-order valence-electron chi connectivity index (χ4n) is 5.42. The van der Waals surface area contributed by atoms with Crippen LogP contribution in [0.5, 0.6) is 5.75 Å². The van der Waals surface area contributed by atoms with E-state index in [1.165, 1.54) is 13.5 Å². The Kier molecular flexibility index (Phi) is 7.92. The van der Waals surface area contributed by atoms with Crippen molar-refractivity contribution in [3.8, 4) is 11.8 Å². The van der Waals surface area contributed by atoms with Crippen molar-refractivity contribution >= 4 is 27.5 Å². The van der Waals surface area contributed by atoms with Crippen LogP contribution in [0, 0.1) is 46.2 Å². The average Bonchev–Trinajstić information content (AvgIpc) is 2.73. The van der Waals surface area contributed by atoms with E-state index in [4.69, 9.17) is 21.1 Å². The zero-order valence-electron chi connectivity index (χ0n) is 19.1. The van der Waals surface area contributed by atoms with Crippen LogP contribution < -0.4 is 9.46 Å². The molecule has 5 unspecified atom stereocenters. The van der Waals surface area contributed by atoms with Crippen LogP contribution in [0.15, 0.2) is 12.1 Å². The number of halogens is 2. The summed E-state index contributed by atoms with van der Waals surface area (Å²) in [6.45, 7) is 4.24. The Labute approximate surface area is 199 Å². The number of hydrogen-bond acceptors (Lipinski definition) is 6. The smallest absolute Gasteiger partial charge is 0.267 e. The van der Waals surface area contributed by atoms with Gasteiger partial charge >= 0.3 is 0 Å². The van der Waals surface area contributed by atoms with Crippen LogP contribution in [0.4, 0.5) is 4.39 Å². The summed E-state index contributed by atoms with van der Waals surface area (Å²) in [7, 11) is -2.66. The van der Waals surface area contributed by atoms with Crippen LogP contribution in [0.2, 0.25) is 5.02 Å². The number of benzene rings is 1. The SMILES string of the molecule is COCCS(=O)(=O)NC(=O)c1cc(Cl)c(OCC2(C#N)C(C)CC3CC(C)CC2C3)cc1F. The third-order valence-corrected chi connectivity index (χ3v) is 8.58. The van der Waals surface area contributed by atoms with Crippen LogP contribution in [-0.2, 0) is 14.8 Å². The maximum Gasteiger partial charge on any atom is 0.267 e. The van der Waals surface area contributed by atoms with E-state index in [0.29, 0.717) is 11.8 Å². The molecule has 3 rings (SSSR count). The highest BCUT2D eigenvalue weighted by Gasteiger charge is 2.52. The van der Waals surface area contributed by atoms with Crippen molar-refractivity contribution in [1.29, 1.82) is 5.26 Å². The van der Waals surface area contributed by atoms with Crippen molar-refractivity contribution in [2.24, 2.45) is 29.1 Å². The van der Waals surface area contributed by atoms with E-state index in [9.17, 15) is 22.9 Å². The predicted molar refractivity (Wildman–Crippen MR) is 122 cm³/mol. The molecule has 0 aliphatic heterocycles. The van der Waals surface area contributed by atoms with Crippen LogP contribution in [0.3, 0.4) is 0 Å². The summed E-state index contributed by atoms with van der Waals surface area (Å²) in [5.41, 5.74) is -1.21. The largest absolute Gasteiger partial charge is 0.490 e. The topological polar surface area (TPSA) is 105 Å². The van der Waals surface area contributed by atoms with Crippen molar-refractivity contribution < 1.29 is 27.1 Å². The van der Waals surface area contributed by atoms with Crippen molar-refractivity contribution in [3.63, 3.8) is 0 Å². The second-order valence-electron chi connectivity index (χ2n) is 9.46. The molecule has 2 aliphatic carbocycles. The number of methoxy groups -OCH3 is 1. The number of rotatable bonds is 8. The highest BCUT2D eigenvalue weighted by molar-refractivity contribution is 7.90. The second kappa shape index (κ2) is 10.2. The number of carbonyl (C=O) groups excluding carboxylic acids is 1. The lowest BCUT2D eigenvalue weighted by Gasteiger charge is -2.50. The Morgan fingerprint density at radius 1 is 1.30 bits per heavy atom. The lowest BCUT2D eigenvalue weighted by molar-refractivity contribution is -0.0283. The standard InChI is InChI=1S/C23H30ClFN2O5S/c1-14-6-16-8-15(2)23(12-26,17(7-14)9-16)13-32-21-11-20(25)18(10-19(21)24)22(28)27-33(29,30)5-4-31-3/h10-11,14-17H,4-9,13H2,1-3H3,(H,27,28). The summed E-state index contributed by atoms with van der Waals surface area (Å²) in [5.74, 6) is -1.03. The minimum atomic E-state index is -3.99. The molecule has 10 heteroatoms. The molecule has 2 fully saturated rings. The van der Waals surface area contributed by atoms with Crippen LogP contribution in [-0.4, -0.2) is 40.4 Å². The first-order valence-corrected chi connectivity index (χ1v) is 13.1. The Bertz CT molecular complexity index is 1040. The summed E-state index contributed by atoms with van der Waals surface area (Å²) < 4.78 is 50.9. The van der Waals surface area contributed by atoms with E-state index < -0.39 is 38.5 Å². The van der Waals surface area contributed by atoms with E-state index in [1.807, 2.05) is 0 Å². The van der Waals surface area contributed by atoms with Crippen molar-refractivity contribution in [2.75, 3.05) is 26.1 Å². The highest BCUT2D eigenvalue weighted by atomic mass is 35.5. The van der Waals surface area contributed by atoms with Crippen molar-refractivity contribution in [3.05, 3.63) is 28.5 Å².